The fourth-order valence-corrected chi connectivity index (χ4v) is 4.86. The van der Waals surface area contributed by atoms with E-state index in [-0.39, 0.29) is 17.9 Å². The lowest BCUT2D eigenvalue weighted by Gasteiger charge is -2.27. The molecule has 1 aliphatic heterocycles. The Balaban J connectivity index is 1.57. The quantitative estimate of drug-likeness (QED) is 0.449. The molecule has 1 aromatic carbocycles. The summed E-state index contributed by atoms with van der Waals surface area (Å²) in [7, 11) is 0. The third-order valence-electron chi connectivity index (χ3n) is 7.00. The van der Waals surface area contributed by atoms with Gasteiger partial charge in [-0.25, -0.2) is 0 Å². The minimum absolute atomic E-state index is 0.00937. The van der Waals surface area contributed by atoms with Crippen LogP contribution in [-0.4, -0.2) is 65.0 Å². The molecule has 0 bridgehead atoms. The number of Topliss-reactive ketones (excluding diaryl/α,β-unsaturated/α-hetero) is 1. The topological polar surface area (TPSA) is 125 Å². The SMILES string of the molecule is CC(C)[C@H](NC(=O)[C@H](C)NC(=O)C1CCCN1C(=O)c1ccccc1)C(=O)C(=O)NC1CCCCC1. The first kappa shape index (κ1) is 27.4. The second-order valence-electron chi connectivity index (χ2n) is 10.2. The van der Waals surface area contributed by atoms with Crippen LogP contribution in [0.5, 0.6) is 0 Å². The summed E-state index contributed by atoms with van der Waals surface area (Å²) in [4.78, 5) is 65.7. The van der Waals surface area contributed by atoms with Crippen LogP contribution < -0.4 is 16.0 Å². The average molecular weight is 499 g/mol. The molecule has 1 aromatic rings. The Bertz CT molecular complexity index is 958. The van der Waals surface area contributed by atoms with Crippen LogP contribution in [-0.2, 0) is 19.2 Å². The molecule has 9 nitrogen and oxygen atoms in total. The normalized spacial score (nSPS) is 19.9. The predicted octanol–water partition coefficient (Wildman–Crippen LogP) is 1.95. The molecule has 2 fully saturated rings. The molecule has 3 N–H and O–H groups in total. The number of likely N-dealkylation sites (tertiary alicyclic amines) is 1. The predicted molar refractivity (Wildman–Crippen MR) is 135 cm³/mol. The van der Waals surface area contributed by atoms with Gasteiger partial charge in [-0.05, 0) is 50.7 Å². The summed E-state index contributed by atoms with van der Waals surface area (Å²) in [5.74, 6) is -2.87. The number of carbonyl (C=O) groups excluding carboxylic acids is 5. The van der Waals surface area contributed by atoms with Crippen molar-refractivity contribution in [1.82, 2.24) is 20.9 Å². The Kier molecular flexibility index (Phi) is 9.61. The molecular weight excluding hydrogens is 460 g/mol. The molecule has 3 rings (SSSR count). The van der Waals surface area contributed by atoms with Crippen molar-refractivity contribution in [2.75, 3.05) is 6.54 Å². The van der Waals surface area contributed by atoms with Crippen LogP contribution in [0, 0.1) is 5.92 Å². The van der Waals surface area contributed by atoms with Crippen LogP contribution in [0.25, 0.3) is 0 Å². The smallest absolute Gasteiger partial charge is 0.289 e. The van der Waals surface area contributed by atoms with E-state index in [1.807, 2.05) is 6.07 Å². The Morgan fingerprint density at radius 2 is 1.53 bits per heavy atom. The molecule has 4 amide bonds. The van der Waals surface area contributed by atoms with Crippen LogP contribution in [0.3, 0.4) is 0 Å². The van der Waals surface area contributed by atoms with Crippen molar-refractivity contribution in [2.45, 2.75) is 89.9 Å². The van der Waals surface area contributed by atoms with Crippen molar-refractivity contribution in [3.63, 3.8) is 0 Å². The van der Waals surface area contributed by atoms with E-state index >= 15 is 0 Å². The standard InChI is InChI=1S/C27H38N4O5/c1-17(2)22(23(32)26(35)29-20-13-8-5-9-14-20)30-24(33)18(3)28-25(34)21-15-10-16-31(21)27(36)19-11-6-4-7-12-19/h4,6-7,11-12,17-18,20-22H,5,8-10,13-16H2,1-3H3,(H,28,34)(H,29,35)(H,30,33)/t18-,21?,22-/m0/s1. The van der Waals surface area contributed by atoms with E-state index in [4.69, 9.17) is 0 Å². The van der Waals surface area contributed by atoms with E-state index in [0.717, 1.165) is 32.1 Å². The van der Waals surface area contributed by atoms with Crippen molar-refractivity contribution in [3.8, 4) is 0 Å². The highest BCUT2D eigenvalue weighted by Gasteiger charge is 2.37. The molecule has 0 aromatic heterocycles. The fourth-order valence-electron chi connectivity index (χ4n) is 4.86. The number of carbonyl (C=O) groups is 5. The first-order valence-corrected chi connectivity index (χ1v) is 13.0. The molecule has 196 valence electrons. The fraction of sp³-hybridized carbons (Fsp3) is 0.593. The van der Waals surface area contributed by atoms with E-state index in [0.29, 0.717) is 24.9 Å². The second kappa shape index (κ2) is 12.6. The number of nitrogens with one attached hydrogen (secondary N) is 3. The monoisotopic (exact) mass is 498 g/mol. The van der Waals surface area contributed by atoms with Gasteiger partial charge in [0.1, 0.15) is 12.1 Å². The van der Waals surface area contributed by atoms with Gasteiger partial charge in [0.05, 0.1) is 6.04 Å². The summed E-state index contributed by atoms with van der Waals surface area (Å²) < 4.78 is 0. The average Bonchev–Trinajstić information content (AvgIpc) is 3.37. The van der Waals surface area contributed by atoms with Gasteiger partial charge < -0.3 is 20.9 Å². The van der Waals surface area contributed by atoms with E-state index in [1.165, 1.54) is 11.8 Å². The van der Waals surface area contributed by atoms with Crippen LogP contribution >= 0.6 is 0 Å². The van der Waals surface area contributed by atoms with Gasteiger partial charge in [-0.1, -0.05) is 51.3 Å². The van der Waals surface area contributed by atoms with Crippen LogP contribution in [0.1, 0.15) is 76.1 Å². The highest BCUT2D eigenvalue weighted by atomic mass is 16.2. The zero-order chi connectivity index (χ0) is 26.2. The summed E-state index contributed by atoms with van der Waals surface area (Å²) in [5.41, 5.74) is 0.507. The molecule has 9 heteroatoms. The van der Waals surface area contributed by atoms with Gasteiger partial charge in [0.2, 0.25) is 17.6 Å². The van der Waals surface area contributed by atoms with Crippen LogP contribution in [0.2, 0.25) is 0 Å². The van der Waals surface area contributed by atoms with Gasteiger partial charge in [-0.3, -0.25) is 24.0 Å². The summed E-state index contributed by atoms with van der Waals surface area (Å²) in [5, 5.41) is 8.13. The lowest BCUT2D eigenvalue weighted by Crippen LogP contribution is -2.57. The maximum Gasteiger partial charge on any atom is 0.289 e. The maximum absolute atomic E-state index is 13.0. The third kappa shape index (κ3) is 6.92. The minimum atomic E-state index is -0.997. The van der Waals surface area contributed by atoms with Gasteiger partial charge in [0, 0.05) is 18.2 Å². The minimum Gasteiger partial charge on any atom is -0.347 e. The lowest BCUT2D eigenvalue weighted by atomic mass is 9.94. The number of rotatable bonds is 9. The van der Waals surface area contributed by atoms with Crippen molar-refractivity contribution < 1.29 is 24.0 Å². The Labute approximate surface area is 212 Å². The van der Waals surface area contributed by atoms with Crippen molar-refractivity contribution in [2.24, 2.45) is 5.92 Å². The summed E-state index contributed by atoms with van der Waals surface area (Å²) in [6.45, 7) is 5.50. The van der Waals surface area contributed by atoms with Gasteiger partial charge >= 0.3 is 0 Å². The number of benzene rings is 1. The molecular formula is C27H38N4O5. The third-order valence-corrected chi connectivity index (χ3v) is 7.00. The molecule has 1 unspecified atom stereocenters. The molecule has 36 heavy (non-hydrogen) atoms. The van der Waals surface area contributed by atoms with Crippen molar-refractivity contribution in [1.29, 1.82) is 0 Å². The number of hydrogen-bond acceptors (Lipinski definition) is 5. The molecule has 2 aliphatic rings. The van der Waals surface area contributed by atoms with E-state index in [9.17, 15) is 24.0 Å². The largest absolute Gasteiger partial charge is 0.347 e. The van der Waals surface area contributed by atoms with Gasteiger partial charge in [-0.2, -0.15) is 0 Å². The zero-order valence-corrected chi connectivity index (χ0v) is 21.4. The number of amides is 4. The van der Waals surface area contributed by atoms with E-state index < -0.39 is 41.6 Å². The zero-order valence-electron chi connectivity index (χ0n) is 21.4. The molecule has 1 aliphatic carbocycles. The Hall–Kier alpha value is -3.23. The van der Waals surface area contributed by atoms with Crippen molar-refractivity contribution >= 4 is 29.4 Å². The number of hydrogen-bond donors (Lipinski definition) is 3. The molecule has 3 atom stereocenters. The Morgan fingerprint density at radius 3 is 2.17 bits per heavy atom. The van der Waals surface area contributed by atoms with Crippen molar-refractivity contribution in [3.05, 3.63) is 35.9 Å². The van der Waals surface area contributed by atoms with Crippen LogP contribution in [0.4, 0.5) is 0 Å². The highest BCUT2D eigenvalue weighted by molar-refractivity contribution is 6.38. The molecule has 0 spiro atoms. The van der Waals surface area contributed by atoms with E-state index in [2.05, 4.69) is 16.0 Å². The molecule has 1 saturated carbocycles. The first-order valence-electron chi connectivity index (χ1n) is 13.0. The Morgan fingerprint density at radius 1 is 0.861 bits per heavy atom. The molecule has 1 saturated heterocycles. The number of nitrogens with zero attached hydrogens (tertiary/aromatic N) is 1. The van der Waals surface area contributed by atoms with Crippen LogP contribution in [0.15, 0.2) is 30.3 Å². The van der Waals surface area contributed by atoms with Gasteiger partial charge in [-0.15, -0.1) is 0 Å². The molecule has 1 heterocycles. The van der Waals surface area contributed by atoms with Gasteiger partial charge in [0.15, 0.2) is 0 Å². The summed E-state index contributed by atoms with van der Waals surface area (Å²) >= 11 is 0. The lowest BCUT2D eigenvalue weighted by molar-refractivity contribution is -0.141. The number of ketones is 1. The van der Waals surface area contributed by atoms with E-state index in [1.54, 1.807) is 38.1 Å². The maximum atomic E-state index is 13.0. The highest BCUT2D eigenvalue weighted by Crippen LogP contribution is 2.21. The summed E-state index contributed by atoms with van der Waals surface area (Å²) in [6.07, 6.45) is 6.09. The first-order chi connectivity index (χ1) is 17.2. The van der Waals surface area contributed by atoms with Gasteiger partial charge in [0.25, 0.3) is 11.8 Å². The molecule has 0 radical (unpaired) electrons. The summed E-state index contributed by atoms with van der Waals surface area (Å²) in [6, 6.07) is 6.16. The second-order valence-corrected chi connectivity index (χ2v) is 10.2.